The largest absolute Gasteiger partial charge is 0.468 e. The van der Waals surface area contributed by atoms with E-state index in [0.29, 0.717) is 5.56 Å². The van der Waals surface area contributed by atoms with Crippen molar-refractivity contribution in [2.24, 2.45) is 0 Å². The van der Waals surface area contributed by atoms with Crippen molar-refractivity contribution in [2.75, 3.05) is 7.11 Å². The van der Waals surface area contributed by atoms with Gasteiger partial charge < -0.3 is 10.1 Å². The van der Waals surface area contributed by atoms with E-state index in [2.05, 4.69) is 5.32 Å². The van der Waals surface area contributed by atoms with E-state index in [1.54, 1.807) is 6.07 Å². The molecule has 0 spiro atoms. The van der Waals surface area contributed by atoms with Crippen molar-refractivity contribution < 1.29 is 14.3 Å². The fraction of sp³-hybridized carbons (Fsp3) is 0.222. The summed E-state index contributed by atoms with van der Waals surface area (Å²) < 4.78 is 5.08. The van der Waals surface area contributed by atoms with E-state index in [0.717, 1.165) is 11.1 Å². The van der Waals surface area contributed by atoms with Gasteiger partial charge in [-0.05, 0) is 17.2 Å². The lowest BCUT2D eigenvalue weighted by atomic mass is 9.89. The Kier molecular flexibility index (Phi) is 2.64. The van der Waals surface area contributed by atoms with Gasteiger partial charge in [0.05, 0.1) is 13.2 Å². The van der Waals surface area contributed by atoms with E-state index in [4.69, 9.17) is 4.74 Å². The average Bonchev–Trinajstić information content (AvgIpc) is 3.25. The molecule has 0 aromatic heterocycles. The molecule has 1 saturated carbocycles. The number of ether oxygens (including phenoxy) is 1. The number of nitrogens with one attached hydrogen (secondary N) is 1. The second-order valence-electron chi connectivity index (χ2n) is 5.74. The lowest BCUT2D eigenvalue weighted by Gasteiger charge is -2.15. The molecule has 2 aromatic rings. The molecule has 0 radical (unpaired) electrons. The maximum absolute atomic E-state index is 12.6. The van der Waals surface area contributed by atoms with Crippen LogP contribution in [-0.4, -0.2) is 25.0 Å². The fourth-order valence-electron chi connectivity index (χ4n) is 3.82. The highest BCUT2D eigenvalue weighted by atomic mass is 16.5. The summed E-state index contributed by atoms with van der Waals surface area (Å²) in [5.74, 6) is -0.500. The number of benzene rings is 2. The first-order valence-corrected chi connectivity index (χ1v) is 7.25. The van der Waals surface area contributed by atoms with E-state index < -0.39 is 5.41 Å². The zero-order valence-corrected chi connectivity index (χ0v) is 12.1. The molecule has 4 heteroatoms. The van der Waals surface area contributed by atoms with Crippen LogP contribution in [0.4, 0.5) is 0 Å². The van der Waals surface area contributed by atoms with E-state index in [1.165, 1.54) is 7.11 Å². The highest BCUT2D eigenvalue weighted by molar-refractivity contribution is 6.03. The molecule has 1 fully saturated rings. The van der Waals surface area contributed by atoms with Crippen LogP contribution in [0.1, 0.15) is 27.4 Å². The number of amides is 1. The number of rotatable bonds is 2. The number of carbonyl (C=O) groups excluding carboxylic acids is 2. The highest BCUT2D eigenvalue weighted by Crippen LogP contribution is 2.63. The molecule has 4 rings (SSSR count). The summed E-state index contributed by atoms with van der Waals surface area (Å²) in [6.45, 7) is 0. The molecule has 4 nitrogen and oxygen atoms in total. The van der Waals surface area contributed by atoms with Crippen molar-refractivity contribution in [2.45, 2.75) is 17.4 Å². The Bertz CT molecular complexity index is 771. The van der Waals surface area contributed by atoms with Crippen LogP contribution in [0.25, 0.3) is 0 Å². The molecule has 1 aliphatic heterocycles. The Morgan fingerprint density at radius 1 is 1.09 bits per heavy atom. The molecule has 0 bridgehead atoms. The maximum Gasteiger partial charge on any atom is 0.319 e. The molecule has 22 heavy (non-hydrogen) atoms. The number of esters is 1. The molecule has 110 valence electrons. The monoisotopic (exact) mass is 293 g/mol. The Labute approximate surface area is 128 Å². The normalized spacial score (nSPS) is 28.1. The van der Waals surface area contributed by atoms with Gasteiger partial charge in [0.1, 0.15) is 5.41 Å². The topological polar surface area (TPSA) is 55.4 Å². The quantitative estimate of drug-likeness (QED) is 0.862. The van der Waals surface area contributed by atoms with Gasteiger partial charge in [-0.3, -0.25) is 9.59 Å². The van der Waals surface area contributed by atoms with Crippen molar-refractivity contribution in [1.29, 1.82) is 0 Å². The average molecular weight is 293 g/mol. The first-order valence-electron chi connectivity index (χ1n) is 7.25. The van der Waals surface area contributed by atoms with E-state index >= 15 is 0 Å². The molecule has 0 unspecified atom stereocenters. The first-order chi connectivity index (χ1) is 10.7. The Morgan fingerprint density at radius 3 is 2.50 bits per heavy atom. The molecular formula is C18H15NO3. The van der Waals surface area contributed by atoms with Crippen LogP contribution < -0.4 is 5.32 Å². The van der Waals surface area contributed by atoms with Gasteiger partial charge in [-0.25, -0.2) is 0 Å². The van der Waals surface area contributed by atoms with Gasteiger partial charge >= 0.3 is 5.97 Å². The van der Waals surface area contributed by atoms with Gasteiger partial charge in [-0.2, -0.15) is 0 Å². The molecule has 3 atom stereocenters. The lowest BCUT2D eigenvalue weighted by molar-refractivity contribution is -0.144. The Hall–Kier alpha value is -2.62. The summed E-state index contributed by atoms with van der Waals surface area (Å²) >= 11 is 0. The summed E-state index contributed by atoms with van der Waals surface area (Å²) in [7, 11) is 1.39. The second-order valence-corrected chi connectivity index (χ2v) is 5.74. The lowest BCUT2D eigenvalue weighted by Crippen LogP contribution is -2.36. The molecule has 1 amide bonds. The Balaban J connectivity index is 1.91. The molecule has 1 heterocycles. The van der Waals surface area contributed by atoms with Crippen LogP contribution in [0.15, 0.2) is 54.6 Å². The number of fused-ring (bicyclic) bond motifs is 3. The van der Waals surface area contributed by atoms with E-state index in [-0.39, 0.29) is 23.8 Å². The fourth-order valence-corrected chi connectivity index (χ4v) is 3.82. The number of carbonyl (C=O) groups is 2. The summed E-state index contributed by atoms with van der Waals surface area (Å²) in [6.07, 6.45) is 0. The van der Waals surface area contributed by atoms with Crippen molar-refractivity contribution >= 4 is 11.9 Å². The van der Waals surface area contributed by atoms with Gasteiger partial charge in [0.25, 0.3) is 5.91 Å². The van der Waals surface area contributed by atoms with Gasteiger partial charge in [-0.1, -0.05) is 48.5 Å². The minimum Gasteiger partial charge on any atom is -0.468 e. The van der Waals surface area contributed by atoms with Crippen molar-refractivity contribution in [3.05, 3.63) is 71.3 Å². The molecule has 1 N–H and O–H groups in total. The van der Waals surface area contributed by atoms with Crippen LogP contribution in [0.3, 0.4) is 0 Å². The summed E-state index contributed by atoms with van der Waals surface area (Å²) in [5, 5.41) is 2.97. The zero-order chi connectivity index (χ0) is 15.3. The minimum atomic E-state index is -0.821. The zero-order valence-electron chi connectivity index (χ0n) is 12.1. The summed E-state index contributed by atoms with van der Waals surface area (Å²) in [5.41, 5.74) is 1.63. The van der Waals surface area contributed by atoms with E-state index in [9.17, 15) is 9.59 Å². The van der Waals surface area contributed by atoms with Gasteiger partial charge in [-0.15, -0.1) is 0 Å². The molecule has 1 aliphatic carbocycles. The third-order valence-electron chi connectivity index (χ3n) is 4.81. The van der Waals surface area contributed by atoms with Crippen molar-refractivity contribution in [1.82, 2.24) is 5.32 Å². The van der Waals surface area contributed by atoms with Crippen LogP contribution in [-0.2, 0) is 14.9 Å². The molecule has 2 aromatic carbocycles. The predicted molar refractivity (Wildman–Crippen MR) is 80.6 cm³/mol. The third-order valence-corrected chi connectivity index (χ3v) is 4.81. The van der Waals surface area contributed by atoms with Gasteiger partial charge in [0.2, 0.25) is 0 Å². The van der Waals surface area contributed by atoms with Crippen LogP contribution >= 0.6 is 0 Å². The van der Waals surface area contributed by atoms with E-state index in [1.807, 2.05) is 48.5 Å². The van der Waals surface area contributed by atoms with Crippen LogP contribution in [0.5, 0.6) is 0 Å². The second kappa shape index (κ2) is 4.44. The maximum atomic E-state index is 12.6. The number of methoxy groups -OCH3 is 1. The first kappa shape index (κ1) is 13.1. The number of hydrogen-bond donors (Lipinski definition) is 1. The summed E-state index contributed by atoms with van der Waals surface area (Å²) in [4.78, 5) is 24.9. The van der Waals surface area contributed by atoms with Crippen LogP contribution in [0.2, 0.25) is 0 Å². The minimum absolute atomic E-state index is 0.0729. The van der Waals surface area contributed by atoms with Crippen LogP contribution in [0, 0.1) is 0 Å². The SMILES string of the molecule is COC(=O)[C@@]1(c2ccccc2)[C@@H]2NC(=O)c3ccccc3[C@@H]21. The van der Waals surface area contributed by atoms with Gasteiger partial charge in [0.15, 0.2) is 0 Å². The molecular weight excluding hydrogens is 278 g/mol. The van der Waals surface area contributed by atoms with Gasteiger partial charge in [0, 0.05) is 11.5 Å². The highest BCUT2D eigenvalue weighted by Gasteiger charge is 2.74. The smallest absolute Gasteiger partial charge is 0.319 e. The number of hydrogen-bond acceptors (Lipinski definition) is 3. The predicted octanol–water partition coefficient (Wildman–Crippen LogP) is 2.01. The standard InChI is InChI=1S/C18H15NO3/c1-22-17(21)18(11-7-3-2-4-8-11)14-12-9-5-6-10-13(12)16(20)19-15(14)18/h2-10,14-15H,1H3,(H,19,20)/t14-,15+,18+/m0/s1. The Morgan fingerprint density at radius 2 is 1.77 bits per heavy atom. The summed E-state index contributed by atoms with van der Waals surface area (Å²) in [6, 6.07) is 16.8. The molecule has 2 aliphatic rings. The molecule has 0 saturated heterocycles. The van der Waals surface area contributed by atoms with Crippen molar-refractivity contribution in [3.63, 3.8) is 0 Å². The van der Waals surface area contributed by atoms with Crippen molar-refractivity contribution in [3.8, 4) is 0 Å². The third kappa shape index (κ3) is 1.47.